The van der Waals surface area contributed by atoms with Crippen molar-refractivity contribution >= 4 is 11.9 Å². The molecule has 6 heteroatoms. The van der Waals surface area contributed by atoms with Gasteiger partial charge < -0.3 is 10.8 Å². The number of carbonyl (C=O) groups is 2. The highest BCUT2D eigenvalue weighted by atomic mass is 16.4. The summed E-state index contributed by atoms with van der Waals surface area (Å²) in [6.45, 7) is 0. The number of hydrazine groups is 1. The molecule has 0 aliphatic rings. The average molecular weight is 189 g/mol. The summed E-state index contributed by atoms with van der Waals surface area (Å²) in [6, 6.07) is -0.765. The van der Waals surface area contributed by atoms with E-state index in [1.54, 1.807) is 14.1 Å². The minimum Gasteiger partial charge on any atom is -0.481 e. The molecule has 0 bridgehead atoms. The van der Waals surface area contributed by atoms with Gasteiger partial charge in [0.2, 0.25) is 0 Å². The molecule has 0 aliphatic carbocycles. The number of carboxylic acid groups (broad SMARTS) is 1. The third kappa shape index (κ3) is 6.06. The SMILES string of the molecule is CN(C)NC(=O)C(N)CCC(=O)O. The number of carboxylic acids is 1. The Morgan fingerprint density at radius 1 is 1.54 bits per heavy atom. The van der Waals surface area contributed by atoms with Crippen molar-refractivity contribution in [1.82, 2.24) is 10.4 Å². The van der Waals surface area contributed by atoms with Crippen LogP contribution in [0.15, 0.2) is 0 Å². The maximum Gasteiger partial charge on any atom is 0.303 e. The summed E-state index contributed by atoms with van der Waals surface area (Å²) in [5, 5.41) is 9.79. The second-order valence-electron chi connectivity index (χ2n) is 2.91. The van der Waals surface area contributed by atoms with Crippen molar-refractivity contribution in [3.8, 4) is 0 Å². The van der Waals surface area contributed by atoms with Gasteiger partial charge in [0.25, 0.3) is 5.91 Å². The molecule has 13 heavy (non-hydrogen) atoms. The number of nitrogens with two attached hydrogens (primary N) is 1. The van der Waals surface area contributed by atoms with E-state index in [1.165, 1.54) is 5.01 Å². The fourth-order valence-corrected chi connectivity index (χ4v) is 0.713. The molecule has 0 rings (SSSR count). The van der Waals surface area contributed by atoms with Gasteiger partial charge in [-0.2, -0.15) is 0 Å². The number of nitrogens with one attached hydrogen (secondary N) is 1. The number of hydrogen-bond donors (Lipinski definition) is 3. The van der Waals surface area contributed by atoms with Crippen molar-refractivity contribution in [2.75, 3.05) is 14.1 Å². The standard InChI is InChI=1S/C7H15N3O3/c1-10(2)9-7(13)5(8)3-4-6(11)12/h5H,3-4,8H2,1-2H3,(H,9,13)(H,11,12). The molecule has 0 saturated carbocycles. The lowest BCUT2D eigenvalue weighted by molar-refractivity contribution is -0.137. The van der Waals surface area contributed by atoms with Gasteiger partial charge in [-0.25, -0.2) is 5.01 Å². The number of nitrogens with zero attached hydrogens (tertiary/aromatic N) is 1. The second kappa shape index (κ2) is 5.50. The Labute approximate surface area is 76.7 Å². The van der Waals surface area contributed by atoms with Gasteiger partial charge in [0.05, 0.1) is 6.04 Å². The zero-order chi connectivity index (χ0) is 10.4. The Morgan fingerprint density at radius 2 is 2.08 bits per heavy atom. The topological polar surface area (TPSA) is 95.7 Å². The molecule has 76 valence electrons. The molecule has 0 saturated heterocycles. The van der Waals surface area contributed by atoms with E-state index in [0.717, 1.165) is 0 Å². The Hall–Kier alpha value is -1.14. The first kappa shape index (κ1) is 11.9. The summed E-state index contributed by atoms with van der Waals surface area (Å²) in [4.78, 5) is 21.2. The number of aliphatic carboxylic acids is 1. The number of hydrogen-bond acceptors (Lipinski definition) is 4. The van der Waals surface area contributed by atoms with Crippen LogP contribution in [-0.2, 0) is 9.59 Å². The molecule has 0 heterocycles. The van der Waals surface area contributed by atoms with E-state index in [0.29, 0.717) is 0 Å². The van der Waals surface area contributed by atoms with Gasteiger partial charge in [0.15, 0.2) is 0 Å². The van der Waals surface area contributed by atoms with Gasteiger partial charge in [-0.3, -0.25) is 15.0 Å². The summed E-state index contributed by atoms with van der Waals surface area (Å²) in [6.07, 6.45) is 0.0526. The summed E-state index contributed by atoms with van der Waals surface area (Å²) in [5.41, 5.74) is 7.85. The molecule has 0 aliphatic heterocycles. The Bertz CT molecular complexity index is 193. The second-order valence-corrected chi connectivity index (χ2v) is 2.91. The van der Waals surface area contributed by atoms with E-state index < -0.39 is 12.0 Å². The van der Waals surface area contributed by atoms with Gasteiger partial charge in [0, 0.05) is 20.5 Å². The van der Waals surface area contributed by atoms with Crippen LogP contribution in [0.5, 0.6) is 0 Å². The van der Waals surface area contributed by atoms with Crippen LogP contribution in [0, 0.1) is 0 Å². The lowest BCUT2D eigenvalue weighted by Gasteiger charge is -2.15. The molecule has 4 N–H and O–H groups in total. The molecule has 0 aromatic rings. The van der Waals surface area contributed by atoms with Gasteiger partial charge in [0.1, 0.15) is 0 Å². The van der Waals surface area contributed by atoms with Crippen molar-refractivity contribution in [3.63, 3.8) is 0 Å². The lowest BCUT2D eigenvalue weighted by Crippen LogP contribution is -2.46. The van der Waals surface area contributed by atoms with Crippen LogP contribution in [0.4, 0.5) is 0 Å². The number of carbonyl (C=O) groups excluding carboxylic acids is 1. The first-order valence-electron chi connectivity index (χ1n) is 3.88. The van der Waals surface area contributed by atoms with Gasteiger partial charge >= 0.3 is 5.97 Å². The van der Waals surface area contributed by atoms with E-state index in [2.05, 4.69) is 5.43 Å². The van der Waals surface area contributed by atoms with Gasteiger partial charge in [-0.15, -0.1) is 0 Å². The Kier molecular flexibility index (Phi) is 5.01. The van der Waals surface area contributed by atoms with Crippen molar-refractivity contribution < 1.29 is 14.7 Å². The molecule has 0 radical (unpaired) electrons. The predicted octanol–water partition coefficient (Wildman–Crippen LogP) is -1.23. The Balaban J connectivity index is 3.76. The van der Waals surface area contributed by atoms with E-state index in [9.17, 15) is 9.59 Å². The fourth-order valence-electron chi connectivity index (χ4n) is 0.713. The van der Waals surface area contributed by atoms with Crippen LogP contribution < -0.4 is 11.2 Å². The van der Waals surface area contributed by atoms with E-state index in [-0.39, 0.29) is 18.7 Å². The van der Waals surface area contributed by atoms with Crippen LogP contribution >= 0.6 is 0 Å². The first-order valence-corrected chi connectivity index (χ1v) is 3.88. The molecule has 0 spiro atoms. The van der Waals surface area contributed by atoms with Crippen molar-refractivity contribution in [2.45, 2.75) is 18.9 Å². The average Bonchev–Trinajstić information content (AvgIpc) is 1.98. The molecular weight excluding hydrogens is 174 g/mol. The monoisotopic (exact) mass is 189 g/mol. The third-order valence-corrected chi connectivity index (χ3v) is 1.34. The van der Waals surface area contributed by atoms with Crippen LogP contribution in [0.3, 0.4) is 0 Å². The summed E-state index contributed by atoms with van der Waals surface area (Å²) >= 11 is 0. The minimum absolute atomic E-state index is 0.0952. The first-order chi connectivity index (χ1) is 5.93. The van der Waals surface area contributed by atoms with Crippen molar-refractivity contribution in [3.05, 3.63) is 0 Å². The summed E-state index contributed by atoms with van der Waals surface area (Å²) in [7, 11) is 3.31. The normalized spacial score (nSPS) is 12.6. The molecular formula is C7H15N3O3. The van der Waals surface area contributed by atoms with Crippen molar-refractivity contribution in [2.24, 2.45) is 5.73 Å². The van der Waals surface area contributed by atoms with Gasteiger partial charge in [-0.05, 0) is 6.42 Å². The molecule has 6 nitrogen and oxygen atoms in total. The van der Waals surface area contributed by atoms with E-state index >= 15 is 0 Å². The number of rotatable bonds is 5. The maximum absolute atomic E-state index is 11.1. The van der Waals surface area contributed by atoms with Crippen molar-refractivity contribution in [1.29, 1.82) is 0 Å². The van der Waals surface area contributed by atoms with E-state index in [4.69, 9.17) is 10.8 Å². The van der Waals surface area contributed by atoms with Gasteiger partial charge in [-0.1, -0.05) is 0 Å². The minimum atomic E-state index is -0.951. The highest BCUT2D eigenvalue weighted by molar-refractivity contribution is 5.81. The molecule has 0 fully saturated rings. The summed E-state index contributed by atoms with van der Waals surface area (Å²) < 4.78 is 0. The number of amides is 1. The van der Waals surface area contributed by atoms with E-state index in [1.807, 2.05) is 0 Å². The largest absolute Gasteiger partial charge is 0.481 e. The molecule has 1 atom stereocenters. The molecule has 1 amide bonds. The van der Waals surface area contributed by atoms with Crippen LogP contribution in [0.2, 0.25) is 0 Å². The maximum atomic E-state index is 11.1. The lowest BCUT2D eigenvalue weighted by atomic mass is 10.1. The zero-order valence-electron chi connectivity index (χ0n) is 7.78. The smallest absolute Gasteiger partial charge is 0.303 e. The predicted molar refractivity (Wildman–Crippen MR) is 46.7 cm³/mol. The van der Waals surface area contributed by atoms with Crippen LogP contribution in [0.1, 0.15) is 12.8 Å². The summed E-state index contributed by atoms with van der Waals surface area (Å²) in [5.74, 6) is -1.32. The highest BCUT2D eigenvalue weighted by Gasteiger charge is 2.14. The molecule has 0 aromatic heterocycles. The van der Waals surface area contributed by atoms with Crippen LogP contribution in [0.25, 0.3) is 0 Å². The quantitative estimate of drug-likeness (QED) is 0.471. The third-order valence-electron chi connectivity index (χ3n) is 1.34. The highest BCUT2D eigenvalue weighted by Crippen LogP contribution is 1.94. The van der Waals surface area contributed by atoms with Crippen LogP contribution in [-0.4, -0.2) is 42.1 Å². The molecule has 1 unspecified atom stereocenters. The zero-order valence-corrected chi connectivity index (χ0v) is 7.78. The fraction of sp³-hybridized carbons (Fsp3) is 0.714. The Morgan fingerprint density at radius 3 is 2.46 bits per heavy atom. The molecule has 0 aromatic carbocycles.